The quantitative estimate of drug-likeness (QED) is 0.342. The van der Waals surface area contributed by atoms with Crippen molar-refractivity contribution in [3.8, 4) is 11.3 Å². The van der Waals surface area contributed by atoms with Gasteiger partial charge >= 0.3 is 6.09 Å². The van der Waals surface area contributed by atoms with Gasteiger partial charge in [0.25, 0.3) is 0 Å². The average molecular weight is 472 g/mol. The normalized spacial score (nSPS) is 13.4. The number of aliphatic hydroxyl groups is 1. The minimum absolute atomic E-state index is 0.0850. The molecular weight excluding hydrogens is 446 g/mol. The molecule has 0 aliphatic carbocycles. The number of rotatable bonds is 9. The minimum Gasteiger partial charge on any atom is -0.449 e. The van der Waals surface area contributed by atoms with Crippen LogP contribution in [-0.4, -0.2) is 60.5 Å². The van der Waals surface area contributed by atoms with Gasteiger partial charge in [-0.1, -0.05) is 0 Å². The molecule has 174 valence electrons. The van der Waals surface area contributed by atoms with Crippen molar-refractivity contribution in [3.05, 3.63) is 49.1 Å². The van der Waals surface area contributed by atoms with Crippen LogP contribution in [0.25, 0.3) is 11.3 Å². The molecule has 4 N–H and O–H groups in total. The van der Waals surface area contributed by atoms with Crippen molar-refractivity contribution in [1.29, 1.82) is 0 Å². The van der Waals surface area contributed by atoms with Crippen molar-refractivity contribution in [2.75, 3.05) is 23.8 Å². The van der Waals surface area contributed by atoms with E-state index in [9.17, 15) is 14.1 Å². The predicted octanol–water partition coefficient (Wildman–Crippen LogP) is 2.21. The van der Waals surface area contributed by atoms with Crippen LogP contribution >= 0.6 is 0 Å². The van der Waals surface area contributed by atoms with Gasteiger partial charge < -0.3 is 20.5 Å². The summed E-state index contributed by atoms with van der Waals surface area (Å²) in [5.41, 5.74) is 1.84. The van der Waals surface area contributed by atoms with Crippen molar-refractivity contribution in [3.63, 3.8) is 0 Å². The van der Waals surface area contributed by atoms with E-state index in [4.69, 9.17) is 4.74 Å². The molecule has 2 atom stereocenters. The highest BCUT2D eigenvalue weighted by Crippen LogP contribution is 2.26. The zero-order chi connectivity index (χ0) is 23.8. The van der Waals surface area contributed by atoms with Crippen LogP contribution in [0.1, 0.15) is 13.8 Å². The maximum atomic E-state index is 12.7. The molecule has 33 heavy (non-hydrogen) atoms. The van der Waals surface area contributed by atoms with E-state index in [0.29, 0.717) is 33.6 Å². The van der Waals surface area contributed by atoms with Crippen molar-refractivity contribution in [2.24, 2.45) is 0 Å². The SMILES string of the molecule is C=S(=O)(NC(=O)OCC)c1ccc(Nc2ncc(-c3cnccn3)c(N[C@H](C)CO)n2)cc1. The molecule has 3 rings (SSSR count). The lowest BCUT2D eigenvalue weighted by Gasteiger charge is -2.16. The molecule has 0 fully saturated rings. The van der Waals surface area contributed by atoms with Gasteiger partial charge in [0.2, 0.25) is 5.95 Å². The van der Waals surface area contributed by atoms with Gasteiger partial charge in [0.05, 0.1) is 40.4 Å². The van der Waals surface area contributed by atoms with Crippen LogP contribution in [0.2, 0.25) is 0 Å². The molecule has 0 spiro atoms. The monoisotopic (exact) mass is 471 g/mol. The molecule has 1 amide bonds. The third kappa shape index (κ3) is 6.37. The smallest absolute Gasteiger partial charge is 0.418 e. The molecule has 12 heteroatoms. The Kier molecular flexibility index (Phi) is 7.74. The summed E-state index contributed by atoms with van der Waals surface area (Å²) in [7, 11) is -3.06. The third-order valence-electron chi connectivity index (χ3n) is 4.30. The number of hydrogen-bond acceptors (Lipinski definition) is 10. The van der Waals surface area contributed by atoms with Crippen LogP contribution < -0.4 is 15.4 Å². The highest BCUT2D eigenvalue weighted by Gasteiger charge is 2.15. The summed E-state index contributed by atoms with van der Waals surface area (Å²) in [6, 6.07) is 6.22. The summed E-state index contributed by atoms with van der Waals surface area (Å²) in [6.45, 7) is 3.54. The first kappa shape index (κ1) is 23.9. The minimum atomic E-state index is -3.06. The standard InChI is InChI=1S/C21H25N7O4S/c1-4-32-21(30)28-33(3,31)16-7-5-15(6-8-16)26-20-24-11-17(18-12-22-9-10-23-18)19(27-20)25-14(2)13-29/h5-12,14,29H,3-4,13H2,1-2H3,(H,28,30,31)(H2,24,25,26,27)/t14-,33?/m1/s1. The fraction of sp³-hybridized carbons (Fsp3) is 0.238. The summed E-state index contributed by atoms with van der Waals surface area (Å²) in [6.07, 6.45) is 5.54. The summed E-state index contributed by atoms with van der Waals surface area (Å²) in [4.78, 5) is 29.1. The number of amides is 1. The molecule has 0 radical (unpaired) electrons. The average Bonchev–Trinajstić information content (AvgIpc) is 2.80. The highest BCUT2D eigenvalue weighted by molar-refractivity contribution is 7.99. The number of nitrogens with one attached hydrogen (secondary N) is 3. The second-order valence-electron chi connectivity index (χ2n) is 6.92. The van der Waals surface area contributed by atoms with E-state index in [-0.39, 0.29) is 19.3 Å². The molecule has 0 aliphatic rings. The van der Waals surface area contributed by atoms with E-state index in [1.54, 1.807) is 56.0 Å². The fourth-order valence-corrected chi connectivity index (χ4v) is 3.72. The second kappa shape index (κ2) is 10.7. The Morgan fingerprint density at radius 1 is 1.21 bits per heavy atom. The van der Waals surface area contributed by atoms with E-state index in [0.717, 1.165) is 0 Å². The number of nitrogens with zero attached hydrogens (tertiary/aromatic N) is 4. The van der Waals surface area contributed by atoms with Crippen LogP contribution in [0.5, 0.6) is 0 Å². The molecule has 0 aliphatic heterocycles. The van der Waals surface area contributed by atoms with Gasteiger partial charge in [-0.3, -0.25) is 9.97 Å². The van der Waals surface area contributed by atoms with Gasteiger partial charge in [-0.2, -0.15) is 4.98 Å². The first-order chi connectivity index (χ1) is 15.8. The van der Waals surface area contributed by atoms with Gasteiger partial charge in [-0.05, 0) is 44.0 Å². The zero-order valence-electron chi connectivity index (χ0n) is 18.2. The van der Waals surface area contributed by atoms with E-state index in [2.05, 4.69) is 41.2 Å². The maximum absolute atomic E-state index is 12.7. The van der Waals surface area contributed by atoms with E-state index in [1.807, 2.05) is 6.92 Å². The predicted molar refractivity (Wildman–Crippen MR) is 127 cm³/mol. The van der Waals surface area contributed by atoms with Crippen molar-refractivity contribution < 1.29 is 18.8 Å². The number of aliphatic hydroxyl groups excluding tert-OH is 1. The number of benzene rings is 1. The lowest BCUT2D eigenvalue weighted by Crippen LogP contribution is -2.30. The van der Waals surface area contributed by atoms with Crippen LogP contribution in [0.4, 0.5) is 22.2 Å². The Bertz CT molecular complexity index is 1190. The number of hydrogen-bond donors (Lipinski definition) is 4. The highest BCUT2D eigenvalue weighted by atomic mass is 32.2. The largest absolute Gasteiger partial charge is 0.449 e. The van der Waals surface area contributed by atoms with E-state index >= 15 is 0 Å². The fourth-order valence-electron chi connectivity index (χ4n) is 2.70. The van der Waals surface area contributed by atoms with Gasteiger partial charge in [0, 0.05) is 35.2 Å². The molecule has 2 aromatic heterocycles. The Hall–Kier alpha value is -3.77. The molecule has 0 saturated heterocycles. The molecule has 3 aromatic rings. The molecule has 1 unspecified atom stereocenters. The van der Waals surface area contributed by atoms with Gasteiger partial charge in [0.1, 0.15) is 5.82 Å². The number of carbonyl (C=O) groups excluding carboxylic acids is 1. The topological polar surface area (TPSA) is 151 Å². The maximum Gasteiger partial charge on any atom is 0.418 e. The molecule has 1 aromatic carbocycles. The lowest BCUT2D eigenvalue weighted by molar-refractivity contribution is 0.159. The molecule has 0 bridgehead atoms. The second-order valence-corrected chi connectivity index (χ2v) is 8.95. The molecule has 11 nitrogen and oxygen atoms in total. The van der Waals surface area contributed by atoms with Gasteiger partial charge in [-0.15, -0.1) is 0 Å². The van der Waals surface area contributed by atoms with E-state index in [1.165, 1.54) is 0 Å². The number of carbonyl (C=O) groups is 1. The van der Waals surface area contributed by atoms with Crippen LogP contribution in [0, 0.1) is 0 Å². The van der Waals surface area contributed by atoms with Crippen LogP contribution in [0.15, 0.2) is 53.9 Å². The third-order valence-corrected chi connectivity index (χ3v) is 5.83. The molecule has 2 heterocycles. The van der Waals surface area contributed by atoms with Gasteiger partial charge in [0.15, 0.2) is 0 Å². The van der Waals surface area contributed by atoms with Crippen LogP contribution in [-0.2, 0) is 14.4 Å². The number of aromatic nitrogens is 4. The first-order valence-electron chi connectivity index (χ1n) is 10.0. The lowest BCUT2D eigenvalue weighted by atomic mass is 10.2. The summed E-state index contributed by atoms with van der Waals surface area (Å²) < 4.78 is 19.7. The van der Waals surface area contributed by atoms with Crippen molar-refractivity contribution >= 4 is 39.1 Å². The van der Waals surface area contributed by atoms with Gasteiger partial charge in [-0.25, -0.2) is 18.7 Å². The summed E-state index contributed by atoms with van der Waals surface area (Å²) in [5, 5.41) is 15.6. The van der Waals surface area contributed by atoms with Crippen molar-refractivity contribution in [1.82, 2.24) is 24.7 Å². The molecular formula is C21H25N7O4S. The zero-order valence-corrected chi connectivity index (χ0v) is 19.0. The summed E-state index contributed by atoms with van der Waals surface area (Å²) in [5.74, 6) is 4.36. The number of ether oxygens (including phenoxy) is 1. The van der Waals surface area contributed by atoms with Crippen molar-refractivity contribution in [2.45, 2.75) is 24.8 Å². The Balaban J connectivity index is 1.81. The van der Waals surface area contributed by atoms with Crippen LogP contribution in [0.3, 0.4) is 0 Å². The molecule has 0 saturated carbocycles. The number of anilines is 3. The Morgan fingerprint density at radius 2 is 1.97 bits per heavy atom. The Labute approximate surface area is 191 Å². The Morgan fingerprint density at radius 3 is 2.61 bits per heavy atom. The van der Waals surface area contributed by atoms with E-state index < -0.39 is 15.8 Å². The summed E-state index contributed by atoms with van der Waals surface area (Å²) >= 11 is 0. The first-order valence-corrected chi connectivity index (χ1v) is 11.7.